The van der Waals surface area contributed by atoms with Crippen LogP contribution in [0.4, 0.5) is 0 Å². The molecule has 0 aliphatic rings. The number of fused-ring (bicyclic) bond motifs is 1. The number of benzene rings is 4. The molecule has 7 heteroatoms. The fraction of sp³-hybridized carbons (Fsp3) is 0.0357. The molecule has 0 aliphatic carbocycles. The number of amides is 1. The molecule has 0 saturated heterocycles. The van der Waals surface area contributed by atoms with E-state index in [1.54, 1.807) is 12.1 Å². The predicted octanol–water partition coefficient (Wildman–Crippen LogP) is 5.28. The van der Waals surface area contributed by atoms with Gasteiger partial charge in [0.2, 0.25) is 0 Å². The number of aromatic amines is 1. The number of aromatic nitrogens is 2. The lowest BCUT2D eigenvalue weighted by Gasteiger charge is -2.10. The van der Waals surface area contributed by atoms with Crippen LogP contribution in [0, 0.1) is 0 Å². The highest BCUT2D eigenvalue weighted by Gasteiger charge is 2.14. The summed E-state index contributed by atoms with van der Waals surface area (Å²) in [5, 5.41) is 23.1. The largest absolute Gasteiger partial charge is 0.507 e. The van der Waals surface area contributed by atoms with E-state index in [2.05, 4.69) is 20.7 Å². The van der Waals surface area contributed by atoms with Crippen LogP contribution in [0.2, 0.25) is 0 Å². The van der Waals surface area contributed by atoms with Gasteiger partial charge in [-0.25, -0.2) is 5.43 Å². The molecular weight excluding hydrogens is 440 g/mol. The van der Waals surface area contributed by atoms with Gasteiger partial charge in [0.15, 0.2) is 0 Å². The topological polar surface area (TPSA) is 99.6 Å². The first kappa shape index (κ1) is 21.9. The summed E-state index contributed by atoms with van der Waals surface area (Å²) in [7, 11) is 0. The van der Waals surface area contributed by atoms with Crippen molar-refractivity contribution in [3.8, 4) is 22.8 Å². The summed E-state index contributed by atoms with van der Waals surface area (Å²) in [6.07, 6.45) is 1.43. The minimum Gasteiger partial charge on any atom is -0.507 e. The summed E-state index contributed by atoms with van der Waals surface area (Å²) >= 11 is 0. The molecule has 1 aromatic heterocycles. The molecule has 0 saturated carbocycles. The fourth-order valence-corrected chi connectivity index (χ4v) is 3.75. The molecule has 172 valence electrons. The van der Waals surface area contributed by atoms with Crippen LogP contribution in [0.1, 0.15) is 21.6 Å². The summed E-state index contributed by atoms with van der Waals surface area (Å²) in [5.41, 5.74) is 5.66. The maximum absolute atomic E-state index is 12.6. The fourth-order valence-electron chi connectivity index (χ4n) is 3.75. The molecule has 0 radical (unpaired) electrons. The molecular formula is C28H22N4O3. The lowest BCUT2D eigenvalue weighted by Crippen LogP contribution is -2.18. The van der Waals surface area contributed by atoms with Crippen LogP contribution in [0.3, 0.4) is 0 Å². The molecule has 7 nitrogen and oxygen atoms in total. The van der Waals surface area contributed by atoms with E-state index in [9.17, 15) is 9.90 Å². The average molecular weight is 463 g/mol. The van der Waals surface area contributed by atoms with Gasteiger partial charge in [0.25, 0.3) is 5.91 Å². The lowest BCUT2D eigenvalue weighted by atomic mass is 10.0. The zero-order chi connectivity index (χ0) is 24.0. The summed E-state index contributed by atoms with van der Waals surface area (Å²) in [5.74, 6) is 0.291. The van der Waals surface area contributed by atoms with Crippen LogP contribution in [-0.2, 0) is 6.61 Å². The number of hydrogen-bond acceptors (Lipinski definition) is 5. The van der Waals surface area contributed by atoms with E-state index in [4.69, 9.17) is 4.74 Å². The Morgan fingerprint density at radius 2 is 1.74 bits per heavy atom. The van der Waals surface area contributed by atoms with Gasteiger partial charge in [-0.15, -0.1) is 0 Å². The van der Waals surface area contributed by atoms with Crippen molar-refractivity contribution in [1.29, 1.82) is 0 Å². The smallest absolute Gasteiger partial charge is 0.289 e. The first-order valence-electron chi connectivity index (χ1n) is 11.0. The maximum Gasteiger partial charge on any atom is 0.289 e. The number of hydrazone groups is 1. The molecule has 0 bridgehead atoms. The van der Waals surface area contributed by atoms with Crippen LogP contribution in [0.15, 0.2) is 102 Å². The number of nitrogens with one attached hydrogen (secondary N) is 2. The van der Waals surface area contributed by atoms with E-state index in [0.717, 1.165) is 21.9 Å². The Morgan fingerprint density at radius 1 is 0.971 bits per heavy atom. The van der Waals surface area contributed by atoms with Gasteiger partial charge in [0.05, 0.1) is 11.9 Å². The normalized spacial score (nSPS) is 11.1. The summed E-state index contributed by atoms with van der Waals surface area (Å²) < 4.78 is 6.01. The monoisotopic (exact) mass is 462 g/mol. The van der Waals surface area contributed by atoms with Gasteiger partial charge in [0.1, 0.15) is 23.8 Å². The summed E-state index contributed by atoms with van der Waals surface area (Å²) in [4.78, 5) is 12.6. The van der Waals surface area contributed by atoms with Gasteiger partial charge in [-0.1, -0.05) is 72.8 Å². The molecule has 5 rings (SSSR count). The molecule has 5 aromatic rings. The number of para-hydroxylation sites is 1. The molecule has 4 aromatic carbocycles. The Labute approximate surface area is 201 Å². The number of aromatic hydroxyl groups is 1. The second-order valence-corrected chi connectivity index (χ2v) is 7.86. The maximum atomic E-state index is 12.6. The van der Waals surface area contributed by atoms with Gasteiger partial charge in [0, 0.05) is 11.1 Å². The Morgan fingerprint density at radius 3 is 2.63 bits per heavy atom. The highest BCUT2D eigenvalue weighted by atomic mass is 16.5. The minimum absolute atomic E-state index is 0.0811. The third kappa shape index (κ3) is 4.89. The van der Waals surface area contributed by atoms with Gasteiger partial charge in [-0.2, -0.15) is 10.2 Å². The van der Waals surface area contributed by atoms with Gasteiger partial charge in [-0.05, 0) is 40.6 Å². The van der Waals surface area contributed by atoms with E-state index in [0.29, 0.717) is 23.6 Å². The number of rotatable bonds is 7. The molecule has 0 fully saturated rings. The van der Waals surface area contributed by atoms with E-state index >= 15 is 0 Å². The van der Waals surface area contributed by atoms with Crippen LogP contribution in [-0.4, -0.2) is 27.4 Å². The number of phenolic OH excluding ortho intramolecular Hbond substituents is 1. The molecule has 0 unspecified atom stereocenters. The Bertz CT molecular complexity index is 1510. The van der Waals surface area contributed by atoms with E-state index in [-0.39, 0.29) is 11.4 Å². The van der Waals surface area contributed by atoms with Gasteiger partial charge in [-0.3, -0.25) is 9.89 Å². The first-order chi connectivity index (χ1) is 17.2. The molecule has 0 spiro atoms. The molecule has 35 heavy (non-hydrogen) atoms. The van der Waals surface area contributed by atoms with E-state index < -0.39 is 5.91 Å². The average Bonchev–Trinajstić information content (AvgIpc) is 3.40. The summed E-state index contributed by atoms with van der Waals surface area (Å²) in [6.45, 7) is 0.422. The molecule has 3 N–H and O–H groups in total. The quantitative estimate of drug-likeness (QED) is 0.226. The van der Waals surface area contributed by atoms with Crippen molar-refractivity contribution in [2.75, 3.05) is 0 Å². The number of ether oxygens (including phenoxy) is 1. The van der Waals surface area contributed by atoms with Crippen molar-refractivity contribution in [3.63, 3.8) is 0 Å². The number of hydrogen-bond donors (Lipinski definition) is 3. The van der Waals surface area contributed by atoms with Gasteiger partial charge < -0.3 is 9.84 Å². The molecule has 0 atom stereocenters. The van der Waals surface area contributed by atoms with Crippen molar-refractivity contribution in [2.45, 2.75) is 6.61 Å². The molecule has 1 amide bonds. The van der Waals surface area contributed by atoms with Crippen molar-refractivity contribution >= 4 is 22.9 Å². The van der Waals surface area contributed by atoms with Crippen molar-refractivity contribution in [3.05, 3.63) is 114 Å². The van der Waals surface area contributed by atoms with Crippen LogP contribution in [0.25, 0.3) is 22.0 Å². The number of H-pyrrole nitrogens is 1. The highest BCUT2D eigenvalue weighted by molar-refractivity contribution is 6.03. The SMILES string of the molecule is O=C(N/N=C/c1c(O)ccc2ccccc12)c1cc(-c2ccccc2OCc2ccccc2)n[nH]1. The second kappa shape index (κ2) is 9.93. The lowest BCUT2D eigenvalue weighted by molar-refractivity contribution is 0.0950. The van der Waals surface area contributed by atoms with Gasteiger partial charge >= 0.3 is 0 Å². The van der Waals surface area contributed by atoms with E-state index in [1.807, 2.05) is 84.9 Å². The Hall–Kier alpha value is -4.91. The molecule has 0 aliphatic heterocycles. The van der Waals surface area contributed by atoms with Crippen molar-refractivity contribution < 1.29 is 14.6 Å². The second-order valence-electron chi connectivity index (χ2n) is 7.86. The number of phenols is 1. The number of carbonyl (C=O) groups excluding carboxylic acids is 1. The predicted molar refractivity (Wildman–Crippen MR) is 135 cm³/mol. The van der Waals surface area contributed by atoms with Crippen LogP contribution in [0.5, 0.6) is 11.5 Å². The Kier molecular flexibility index (Phi) is 6.21. The standard InChI is InChI=1S/C28H22N4O3/c33-26-15-14-20-10-4-5-11-21(20)23(26)17-29-32-28(34)25-16-24(30-31-25)22-12-6-7-13-27(22)35-18-19-8-2-1-3-9-19/h1-17,33H,18H2,(H,30,31)(H,32,34)/b29-17+. The zero-order valence-electron chi connectivity index (χ0n) is 18.7. The van der Waals surface area contributed by atoms with Crippen molar-refractivity contribution in [2.24, 2.45) is 5.10 Å². The van der Waals surface area contributed by atoms with Crippen LogP contribution >= 0.6 is 0 Å². The molecule has 1 heterocycles. The zero-order valence-corrected chi connectivity index (χ0v) is 18.7. The number of nitrogens with zero attached hydrogens (tertiary/aromatic N) is 2. The number of carbonyl (C=O) groups is 1. The highest BCUT2D eigenvalue weighted by Crippen LogP contribution is 2.29. The Balaban J connectivity index is 1.30. The van der Waals surface area contributed by atoms with Crippen molar-refractivity contribution in [1.82, 2.24) is 15.6 Å². The third-order valence-corrected chi connectivity index (χ3v) is 5.53. The van der Waals surface area contributed by atoms with E-state index in [1.165, 1.54) is 6.21 Å². The van der Waals surface area contributed by atoms with Crippen LogP contribution < -0.4 is 10.2 Å². The minimum atomic E-state index is -0.456. The first-order valence-corrected chi connectivity index (χ1v) is 11.0. The third-order valence-electron chi connectivity index (χ3n) is 5.53. The summed E-state index contributed by atoms with van der Waals surface area (Å²) in [6, 6.07) is 30.1.